The van der Waals surface area contributed by atoms with Gasteiger partial charge in [0.1, 0.15) is 11.6 Å². The quantitative estimate of drug-likeness (QED) is 0.790. The Hall–Kier alpha value is -2.56. The molecular formula is C23H29FN2O2. The molecule has 1 saturated heterocycles. The molecule has 1 heterocycles. The van der Waals surface area contributed by atoms with E-state index >= 15 is 0 Å². The summed E-state index contributed by atoms with van der Waals surface area (Å²) in [4.78, 5) is 16.5. The number of nitrogens with zero attached hydrogens (tertiary/aromatic N) is 2. The van der Waals surface area contributed by atoms with Crippen LogP contribution in [0.2, 0.25) is 0 Å². The highest BCUT2D eigenvalue weighted by molar-refractivity contribution is 5.81. The number of piperazine rings is 1. The zero-order valence-electron chi connectivity index (χ0n) is 17.1. The first-order chi connectivity index (χ1) is 13.3. The predicted molar refractivity (Wildman–Crippen MR) is 110 cm³/mol. The second kappa shape index (κ2) is 8.21. The minimum Gasteiger partial charge on any atom is -0.481 e. The molecular weight excluding hydrogens is 355 g/mol. The summed E-state index contributed by atoms with van der Waals surface area (Å²) in [5.41, 5.74) is 1.90. The summed E-state index contributed by atoms with van der Waals surface area (Å²) in [5.74, 6) is 0.435. The van der Waals surface area contributed by atoms with Gasteiger partial charge in [-0.2, -0.15) is 0 Å². The van der Waals surface area contributed by atoms with Crippen molar-refractivity contribution in [3.63, 3.8) is 0 Å². The Kier molecular flexibility index (Phi) is 5.92. The maximum atomic E-state index is 14.0. The van der Waals surface area contributed by atoms with E-state index in [4.69, 9.17) is 4.74 Å². The number of anilines is 1. The molecule has 3 rings (SSSR count). The van der Waals surface area contributed by atoms with Gasteiger partial charge in [0.2, 0.25) is 0 Å². The summed E-state index contributed by atoms with van der Waals surface area (Å²) in [6.07, 6.45) is -0.555. The standard InChI is InChI=1S/C23H29FN2O2/c1-17(28-19-11-9-18(10-12-19)23(2,3)4)22(27)26-15-13-25(14-16-26)21-8-6-5-7-20(21)24/h5-12,17H,13-16H2,1-4H3/t17-/m1/s1. The molecule has 0 N–H and O–H groups in total. The van der Waals surface area contributed by atoms with Crippen LogP contribution in [-0.4, -0.2) is 43.1 Å². The molecule has 1 amide bonds. The molecule has 0 aliphatic carbocycles. The number of benzene rings is 2. The average Bonchev–Trinajstić information content (AvgIpc) is 2.67. The van der Waals surface area contributed by atoms with Crippen LogP contribution in [0.5, 0.6) is 5.75 Å². The number of halogens is 1. The molecule has 2 aromatic rings. The summed E-state index contributed by atoms with van der Waals surface area (Å²) in [6.45, 7) is 10.6. The topological polar surface area (TPSA) is 32.8 Å². The molecule has 1 fully saturated rings. The second-order valence-corrected chi connectivity index (χ2v) is 8.30. The van der Waals surface area contributed by atoms with Crippen molar-refractivity contribution in [2.24, 2.45) is 0 Å². The van der Waals surface area contributed by atoms with E-state index in [-0.39, 0.29) is 17.1 Å². The zero-order valence-corrected chi connectivity index (χ0v) is 17.1. The van der Waals surface area contributed by atoms with E-state index in [2.05, 4.69) is 20.8 Å². The Bertz CT molecular complexity index is 806. The molecule has 28 heavy (non-hydrogen) atoms. The van der Waals surface area contributed by atoms with Gasteiger partial charge in [-0.15, -0.1) is 0 Å². The highest BCUT2D eigenvalue weighted by Crippen LogP contribution is 2.25. The van der Waals surface area contributed by atoms with Crippen LogP contribution in [0.1, 0.15) is 33.3 Å². The van der Waals surface area contributed by atoms with Gasteiger partial charge in [-0.3, -0.25) is 4.79 Å². The first kappa shape index (κ1) is 20.2. The van der Waals surface area contributed by atoms with Gasteiger partial charge in [-0.05, 0) is 42.2 Å². The molecule has 0 spiro atoms. The average molecular weight is 384 g/mol. The molecule has 0 aromatic heterocycles. The van der Waals surface area contributed by atoms with Gasteiger partial charge in [0.25, 0.3) is 5.91 Å². The zero-order chi connectivity index (χ0) is 20.3. The highest BCUT2D eigenvalue weighted by atomic mass is 19.1. The Balaban J connectivity index is 1.55. The van der Waals surface area contributed by atoms with Crippen molar-refractivity contribution in [2.75, 3.05) is 31.1 Å². The maximum Gasteiger partial charge on any atom is 0.263 e. The number of carbonyl (C=O) groups is 1. The maximum absolute atomic E-state index is 14.0. The lowest BCUT2D eigenvalue weighted by molar-refractivity contribution is -0.138. The Morgan fingerprint density at radius 1 is 1.00 bits per heavy atom. The molecule has 1 aliphatic rings. The largest absolute Gasteiger partial charge is 0.481 e. The van der Waals surface area contributed by atoms with E-state index < -0.39 is 6.10 Å². The number of amides is 1. The van der Waals surface area contributed by atoms with Gasteiger partial charge in [0.15, 0.2) is 6.10 Å². The van der Waals surface area contributed by atoms with Crippen molar-refractivity contribution in [1.29, 1.82) is 0 Å². The second-order valence-electron chi connectivity index (χ2n) is 8.30. The summed E-state index contributed by atoms with van der Waals surface area (Å²) >= 11 is 0. The molecule has 0 bridgehead atoms. The van der Waals surface area contributed by atoms with E-state index in [1.807, 2.05) is 35.2 Å². The lowest BCUT2D eigenvalue weighted by Gasteiger charge is -2.37. The van der Waals surface area contributed by atoms with Crippen LogP contribution < -0.4 is 9.64 Å². The van der Waals surface area contributed by atoms with E-state index in [0.717, 1.165) is 0 Å². The van der Waals surface area contributed by atoms with Crippen LogP contribution in [0.3, 0.4) is 0 Å². The van der Waals surface area contributed by atoms with Crippen LogP contribution in [-0.2, 0) is 10.2 Å². The SMILES string of the molecule is C[C@@H](Oc1ccc(C(C)(C)C)cc1)C(=O)N1CCN(c2ccccc2F)CC1. The van der Waals surface area contributed by atoms with Crippen LogP contribution in [0.25, 0.3) is 0 Å². The molecule has 0 radical (unpaired) electrons. The fourth-order valence-corrected chi connectivity index (χ4v) is 3.42. The number of hydrogen-bond donors (Lipinski definition) is 0. The van der Waals surface area contributed by atoms with Crippen molar-refractivity contribution in [3.8, 4) is 5.75 Å². The normalized spacial score (nSPS) is 16.0. The first-order valence-corrected chi connectivity index (χ1v) is 9.81. The fourth-order valence-electron chi connectivity index (χ4n) is 3.42. The highest BCUT2D eigenvalue weighted by Gasteiger charge is 2.27. The minimum absolute atomic E-state index is 0.0342. The smallest absolute Gasteiger partial charge is 0.263 e. The van der Waals surface area contributed by atoms with Gasteiger partial charge in [-0.1, -0.05) is 45.0 Å². The van der Waals surface area contributed by atoms with Gasteiger partial charge in [0, 0.05) is 26.2 Å². The van der Waals surface area contributed by atoms with Crippen LogP contribution in [0.15, 0.2) is 48.5 Å². The molecule has 1 atom stereocenters. The summed E-state index contributed by atoms with van der Waals surface area (Å²) in [5, 5.41) is 0. The monoisotopic (exact) mass is 384 g/mol. The number of ether oxygens (including phenoxy) is 1. The Labute approximate surface area is 166 Å². The molecule has 0 unspecified atom stereocenters. The third-order valence-electron chi connectivity index (χ3n) is 5.17. The molecule has 4 nitrogen and oxygen atoms in total. The number of hydrogen-bond acceptors (Lipinski definition) is 3. The summed E-state index contributed by atoms with van der Waals surface area (Å²) < 4.78 is 19.8. The van der Waals surface area contributed by atoms with Crippen molar-refractivity contribution in [3.05, 3.63) is 59.9 Å². The van der Waals surface area contributed by atoms with Gasteiger partial charge in [-0.25, -0.2) is 4.39 Å². The Morgan fingerprint density at radius 2 is 1.61 bits per heavy atom. The van der Waals surface area contributed by atoms with Gasteiger partial charge >= 0.3 is 0 Å². The van der Waals surface area contributed by atoms with Crippen LogP contribution in [0.4, 0.5) is 10.1 Å². The van der Waals surface area contributed by atoms with Crippen molar-refractivity contribution >= 4 is 11.6 Å². The molecule has 5 heteroatoms. The summed E-state index contributed by atoms with van der Waals surface area (Å²) in [7, 11) is 0. The van der Waals surface area contributed by atoms with Crippen LogP contribution >= 0.6 is 0 Å². The molecule has 150 valence electrons. The third kappa shape index (κ3) is 4.64. The number of para-hydroxylation sites is 1. The van der Waals surface area contributed by atoms with Crippen LogP contribution in [0, 0.1) is 5.82 Å². The lowest BCUT2D eigenvalue weighted by atomic mass is 9.87. The lowest BCUT2D eigenvalue weighted by Crippen LogP contribution is -2.52. The van der Waals surface area contributed by atoms with Crippen molar-refractivity contribution < 1.29 is 13.9 Å². The minimum atomic E-state index is -0.555. The van der Waals surface area contributed by atoms with Gasteiger partial charge in [0.05, 0.1) is 5.69 Å². The molecule has 2 aromatic carbocycles. The number of carbonyl (C=O) groups excluding carboxylic acids is 1. The molecule has 1 aliphatic heterocycles. The third-order valence-corrected chi connectivity index (χ3v) is 5.17. The van der Waals surface area contributed by atoms with Crippen molar-refractivity contribution in [1.82, 2.24) is 4.90 Å². The van der Waals surface area contributed by atoms with Gasteiger partial charge < -0.3 is 14.5 Å². The molecule has 0 saturated carbocycles. The first-order valence-electron chi connectivity index (χ1n) is 9.81. The number of rotatable bonds is 4. The van der Waals surface area contributed by atoms with E-state index in [1.165, 1.54) is 11.6 Å². The summed E-state index contributed by atoms with van der Waals surface area (Å²) in [6, 6.07) is 14.7. The van der Waals surface area contributed by atoms with E-state index in [9.17, 15) is 9.18 Å². The Morgan fingerprint density at radius 3 is 2.18 bits per heavy atom. The van der Waals surface area contributed by atoms with Crippen molar-refractivity contribution in [2.45, 2.75) is 39.2 Å². The van der Waals surface area contributed by atoms with E-state index in [0.29, 0.717) is 37.6 Å². The predicted octanol–water partition coefficient (Wildman–Crippen LogP) is 4.24. The fraction of sp³-hybridized carbons (Fsp3) is 0.435. The van der Waals surface area contributed by atoms with E-state index in [1.54, 1.807) is 24.0 Å².